The van der Waals surface area contributed by atoms with Gasteiger partial charge in [0, 0.05) is 36.3 Å². The predicted molar refractivity (Wildman–Crippen MR) is 127 cm³/mol. The summed E-state index contributed by atoms with van der Waals surface area (Å²) in [7, 11) is 1.52. The topological polar surface area (TPSA) is 61.9 Å². The second kappa shape index (κ2) is 9.92. The van der Waals surface area contributed by atoms with Crippen LogP contribution in [0.3, 0.4) is 0 Å². The van der Waals surface area contributed by atoms with Crippen LogP contribution >= 0.6 is 11.6 Å². The van der Waals surface area contributed by atoms with Crippen molar-refractivity contribution in [2.24, 2.45) is 0 Å². The van der Waals surface area contributed by atoms with E-state index in [0.717, 1.165) is 18.1 Å². The molecule has 1 aliphatic rings. The number of urea groups is 1. The standard InChI is InChI=1S/C25H23ClFN3O3/c1-33-21-9-10-23(22(15-21)28-24(31)18-6-3-8-20(27)14-18)30-12-4-11-29(25(30)32)16-17-5-2-7-19(26)13-17/h2-3,5-10,13-15H,4,11-12,16H2,1H3,(H,28,31). The second-order valence-corrected chi connectivity index (χ2v) is 8.12. The van der Waals surface area contributed by atoms with Crippen LogP contribution in [0.1, 0.15) is 22.3 Å². The largest absolute Gasteiger partial charge is 0.497 e. The Morgan fingerprint density at radius 1 is 1.09 bits per heavy atom. The van der Waals surface area contributed by atoms with E-state index in [0.29, 0.717) is 41.8 Å². The van der Waals surface area contributed by atoms with Gasteiger partial charge < -0.3 is 15.0 Å². The molecular formula is C25H23ClFN3O3. The van der Waals surface area contributed by atoms with Gasteiger partial charge in [-0.15, -0.1) is 0 Å². The number of methoxy groups -OCH3 is 1. The lowest BCUT2D eigenvalue weighted by Crippen LogP contribution is -2.49. The molecule has 1 heterocycles. The molecule has 3 aromatic rings. The molecule has 0 aliphatic carbocycles. The van der Waals surface area contributed by atoms with Gasteiger partial charge in [0.05, 0.1) is 18.5 Å². The molecule has 1 fully saturated rings. The third-order valence-corrected chi connectivity index (χ3v) is 5.64. The predicted octanol–water partition coefficient (Wildman–Crippen LogP) is 5.57. The highest BCUT2D eigenvalue weighted by Gasteiger charge is 2.29. The Kier molecular flexibility index (Phi) is 6.79. The van der Waals surface area contributed by atoms with Crippen LogP contribution in [0.5, 0.6) is 5.75 Å². The summed E-state index contributed by atoms with van der Waals surface area (Å²) in [6, 6.07) is 17.8. The van der Waals surface area contributed by atoms with Gasteiger partial charge in [-0.25, -0.2) is 9.18 Å². The molecule has 0 saturated carbocycles. The number of ether oxygens (including phenoxy) is 1. The Balaban J connectivity index is 1.60. The van der Waals surface area contributed by atoms with Crippen molar-refractivity contribution in [3.8, 4) is 5.75 Å². The minimum Gasteiger partial charge on any atom is -0.497 e. The number of halogens is 2. The maximum absolute atomic E-state index is 13.6. The number of hydrogen-bond donors (Lipinski definition) is 1. The van der Waals surface area contributed by atoms with Crippen LogP contribution in [0.2, 0.25) is 5.02 Å². The molecular weight excluding hydrogens is 445 g/mol. The molecule has 0 unspecified atom stereocenters. The molecule has 1 N–H and O–H groups in total. The molecule has 1 aliphatic heterocycles. The van der Waals surface area contributed by atoms with Crippen LogP contribution < -0.4 is 15.0 Å². The first-order valence-corrected chi connectivity index (χ1v) is 10.9. The Bertz CT molecular complexity index is 1190. The van der Waals surface area contributed by atoms with Crippen LogP contribution in [-0.4, -0.2) is 37.0 Å². The fourth-order valence-electron chi connectivity index (χ4n) is 3.81. The molecule has 0 radical (unpaired) electrons. The number of benzene rings is 3. The summed E-state index contributed by atoms with van der Waals surface area (Å²) in [5.41, 5.74) is 2.06. The first-order valence-electron chi connectivity index (χ1n) is 10.5. The third kappa shape index (κ3) is 5.26. The second-order valence-electron chi connectivity index (χ2n) is 7.69. The average Bonchev–Trinajstić information content (AvgIpc) is 2.80. The molecule has 3 aromatic carbocycles. The number of amides is 3. The van der Waals surface area contributed by atoms with E-state index in [1.807, 2.05) is 18.2 Å². The average molecular weight is 468 g/mol. The molecule has 4 rings (SSSR count). The van der Waals surface area contributed by atoms with Gasteiger partial charge in [-0.1, -0.05) is 29.8 Å². The van der Waals surface area contributed by atoms with Gasteiger partial charge in [0.1, 0.15) is 11.6 Å². The third-order valence-electron chi connectivity index (χ3n) is 5.40. The number of carbonyl (C=O) groups is 2. The number of carbonyl (C=O) groups excluding carboxylic acids is 2. The minimum absolute atomic E-state index is 0.173. The van der Waals surface area contributed by atoms with Crippen molar-refractivity contribution in [1.29, 1.82) is 0 Å². The summed E-state index contributed by atoms with van der Waals surface area (Å²) in [6.07, 6.45) is 0.760. The highest BCUT2D eigenvalue weighted by molar-refractivity contribution is 6.30. The van der Waals surface area contributed by atoms with Crippen molar-refractivity contribution in [3.05, 3.63) is 88.7 Å². The van der Waals surface area contributed by atoms with Crippen molar-refractivity contribution in [2.45, 2.75) is 13.0 Å². The molecule has 0 spiro atoms. The molecule has 1 saturated heterocycles. The smallest absolute Gasteiger partial charge is 0.324 e. The van der Waals surface area contributed by atoms with Crippen molar-refractivity contribution < 1.29 is 18.7 Å². The van der Waals surface area contributed by atoms with Crippen LogP contribution in [-0.2, 0) is 6.54 Å². The zero-order valence-electron chi connectivity index (χ0n) is 18.1. The Labute approximate surface area is 196 Å². The zero-order valence-corrected chi connectivity index (χ0v) is 18.8. The molecule has 170 valence electrons. The van der Waals surface area contributed by atoms with Crippen molar-refractivity contribution in [2.75, 3.05) is 30.4 Å². The van der Waals surface area contributed by atoms with E-state index in [9.17, 15) is 14.0 Å². The summed E-state index contributed by atoms with van der Waals surface area (Å²) in [6.45, 7) is 1.54. The number of anilines is 2. The molecule has 0 atom stereocenters. The van der Waals surface area contributed by atoms with E-state index >= 15 is 0 Å². The van der Waals surface area contributed by atoms with Gasteiger partial charge in [0.25, 0.3) is 5.91 Å². The van der Waals surface area contributed by atoms with Gasteiger partial charge in [0.2, 0.25) is 0 Å². The lowest BCUT2D eigenvalue weighted by Gasteiger charge is -2.36. The van der Waals surface area contributed by atoms with Crippen LogP contribution in [0.25, 0.3) is 0 Å². The van der Waals surface area contributed by atoms with E-state index in [2.05, 4.69) is 5.32 Å². The van der Waals surface area contributed by atoms with Crippen LogP contribution in [0.15, 0.2) is 66.7 Å². The summed E-state index contributed by atoms with van der Waals surface area (Å²) in [5.74, 6) is -0.464. The quantitative estimate of drug-likeness (QED) is 0.515. The number of nitrogens with zero attached hydrogens (tertiary/aromatic N) is 2. The highest BCUT2D eigenvalue weighted by Crippen LogP contribution is 2.33. The first kappa shape index (κ1) is 22.6. The SMILES string of the molecule is COc1ccc(N2CCCN(Cc3cccc(Cl)c3)C2=O)c(NC(=O)c2cccc(F)c2)c1. The summed E-state index contributed by atoms with van der Waals surface area (Å²) < 4.78 is 18.9. The Morgan fingerprint density at radius 3 is 2.67 bits per heavy atom. The first-order chi connectivity index (χ1) is 15.9. The van der Waals surface area contributed by atoms with Crippen LogP contribution in [0, 0.1) is 5.82 Å². The summed E-state index contributed by atoms with van der Waals surface area (Å²) >= 11 is 6.09. The lowest BCUT2D eigenvalue weighted by molar-refractivity contribution is 0.102. The molecule has 3 amide bonds. The van der Waals surface area contributed by atoms with E-state index in [1.54, 1.807) is 34.1 Å². The molecule has 33 heavy (non-hydrogen) atoms. The van der Waals surface area contributed by atoms with Crippen molar-refractivity contribution in [1.82, 2.24) is 4.90 Å². The highest BCUT2D eigenvalue weighted by atomic mass is 35.5. The molecule has 0 bridgehead atoms. The van der Waals surface area contributed by atoms with Gasteiger partial charge >= 0.3 is 6.03 Å². The monoisotopic (exact) mass is 467 g/mol. The lowest BCUT2D eigenvalue weighted by atomic mass is 10.1. The van der Waals surface area contributed by atoms with Gasteiger partial charge in [-0.3, -0.25) is 9.69 Å². The fourth-order valence-corrected chi connectivity index (χ4v) is 4.02. The number of rotatable bonds is 6. The van der Waals surface area contributed by atoms with E-state index in [-0.39, 0.29) is 11.6 Å². The Morgan fingerprint density at radius 2 is 1.91 bits per heavy atom. The van der Waals surface area contributed by atoms with E-state index < -0.39 is 11.7 Å². The summed E-state index contributed by atoms with van der Waals surface area (Å²) in [4.78, 5) is 29.5. The molecule has 6 nitrogen and oxygen atoms in total. The van der Waals surface area contributed by atoms with E-state index in [4.69, 9.17) is 16.3 Å². The van der Waals surface area contributed by atoms with Gasteiger partial charge in [-0.05, 0) is 54.4 Å². The fraction of sp³-hybridized carbons (Fsp3) is 0.200. The zero-order chi connectivity index (χ0) is 23.4. The molecule has 8 heteroatoms. The van der Waals surface area contributed by atoms with Gasteiger partial charge in [-0.2, -0.15) is 0 Å². The van der Waals surface area contributed by atoms with E-state index in [1.165, 1.54) is 25.3 Å². The van der Waals surface area contributed by atoms with Gasteiger partial charge in [0.15, 0.2) is 0 Å². The summed E-state index contributed by atoms with van der Waals surface area (Å²) in [5, 5.41) is 3.42. The number of hydrogen-bond acceptors (Lipinski definition) is 3. The minimum atomic E-state index is -0.503. The Hall–Kier alpha value is -3.58. The normalized spacial score (nSPS) is 13.7. The number of nitrogens with one attached hydrogen (secondary N) is 1. The molecule has 0 aromatic heterocycles. The van der Waals surface area contributed by atoms with Crippen molar-refractivity contribution in [3.63, 3.8) is 0 Å². The van der Waals surface area contributed by atoms with Crippen LogP contribution in [0.4, 0.5) is 20.6 Å². The maximum atomic E-state index is 13.6. The maximum Gasteiger partial charge on any atom is 0.324 e. The van der Waals surface area contributed by atoms with Crippen molar-refractivity contribution >= 4 is 34.9 Å².